The molecule has 0 bridgehead atoms. The number of carbonyl (C=O) groups is 2. The summed E-state index contributed by atoms with van der Waals surface area (Å²) in [4.78, 5) is 24.3. The Morgan fingerprint density at radius 3 is 2.46 bits per heavy atom. The molecule has 2 atom stereocenters. The van der Waals surface area contributed by atoms with Gasteiger partial charge in [0, 0.05) is 25.8 Å². The molecule has 0 spiro atoms. The van der Waals surface area contributed by atoms with Crippen LogP contribution in [0.15, 0.2) is 0 Å². The maximum atomic E-state index is 13.6. The molecule has 0 radical (unpaired) electrons. The van der Waals surface area contributed by atoms with Crippen LogP contribution < -0.4 is 11.1 Å². The number of hydroxylamine groups is 2. The van der Waals surface area contributed by atoms with Gasteiger partial charge in [0.05, 0.1) is 5.41 Å². The Labute approximate surface area is 144 Å². The summed E-state index contributed by atoms with van der Waals surface area (Å²) < 4.78 is 23.6. The number of primary amides is 1. The van der Waals surface area contributed by atoms with E-state index in [0.717, 1.165) is 0 Å². The van der Waals surface area contributed by atoms with E-state index in [-0.39, 0.29) is 18.6 Å². The molecule has 8 nitrogen and oxygen atoms in total. The molecule has 0 aromatic rings. The number of carbonyl (C=O) groups excluding carboxylic acids is 2. The van der Waals surface area contributed by atoms with Gasteiger partial charge in [-0.2, -0.15) is 12.5 Å². The van der Waals surface area contributed by atoms with Crippen molar-refractivity contribution >= 4 is 21.8 Å². The van der Waals surface area contributed by atoms with Crippen LogP contribution in [-0.4, -0.2) is 49.2 Å². The average Bonchev–Trinajstić information content (AvgIpc) is 2.73. The minimum absolute atomic E-state index is 0.249. The molecule has 1 rings (SSSR count). The lowest BCUT2D eigenvalue weighted by molar-refractivity contribution is -0.709. The second-order valence-electron chi connectivity index (χ2n) is 7.05. The number of hydrogen-bond donors (Lipinski definition) is 2. The van der Waals surface area contributed by atoms with Gasteiger partial charge in [-0.05, 0) is 33.2 Å². The van der Waals surface area contributed by atoms with Crippen LogP contribution in [0.4, 0.5) is 0 Å². The quantitative estimate of drug-likeness (QED) is 0.503. The number of amides is 2. The first kappa shape index (κ1) is 21.0. The zero-order valence-electron chi connectivity index (χ0n) is 14.7. The van der Waals surface area contributed by atoms with Gasteiger partial charge in [-0.1, -0.05) is 6.92 Å². The van der Waals surface area contributed by atoms with Gasteiger partial charge < -0.3 is 16.3 Å². The molecule has 0 aromatic carbocycles. The van der Waals surface area contributed by atoms with Gasteiger partial charge in [0.1, 0.15) is 11.8 Å². The molecule has 2 unspecified atom stereocenters. The highest BCUT2D eigenvalue weighted by Crippen LogP contribution is 2.35. The van der Waals surface area contributed by atoms with Crippen LogP contribution in [0.1, 0.15) is 52.9 Å². The number of nitrogens with zero attached hydrogens (tertiary/aromatic N) is 1. The minimum Gasteiger partial charge on any atom is -0.609 e. The molecule has 1 aliphatic heterocycles. The third kappa shape index (κ3) is 4.33. The van der Waals surface area contributed by atoms with Gasteiger partial charge in [0.25, 0.3) is 0 Å². The summed E-state index contributed by atoms with van der Waals surface area (Å²) in [6.45, 7) is 5.62. The number of hydrogen-bond acceptors (Lipinski definition) is 6. The van der Waals surface area contributed by atoms with Crippen molar-refractivity contribution < 1.29 is 22.1 Å². The Bertz CT molecular complexity index is 568. The van der Waals surface area contributed by atoms with E-state index in [0.29, 0.717) is 32.4 Å². The molecule has 3 N–H and O–H groups in total. The molecule has 2 amide bonds. The molecule has 1 heterocycles. The molecule has 24 heavy (non-hydrogen) atoms. The highest BCUT2D eigenvalue weighted by Gasteiger charge is 2.52. The first-order valence-electron chi connectivity index (χ1n) is 8.35. The van der Waals surface area contributed by atoms with Crippen LogP contribution in [-0.2, 0) is 19.6 Å². The number of nitrogens with one attached hydrogen (secondary N) is 1. The average molecular weight is 363 g/mol. The molecular weight excluding hydrogens is 334 g/mol. The largest absolute Gasteiger partial charge is 0.609 e. The predicted molar refractivity (Wildman–Crippen MR) is 90.8 cm³/mol. The first-order valence-corrected chi connectivity index (χ1v) is 9.96. The van der Waals surface area contributed by atoms with E-state index < -0.39 is 37.3 Å². The van der Waals surface area contributed by atoms with Crippen LogP contribution >= 0.6 is 0 Å². The monoisotopic (exact) mass is 363 g/mol. The van der Waals surface area contributed by atoms with Crippen molar-refractivity contribution in [3.63, 3.8) is 0 Å². The Morgan fingerprint density at radius 2 is 1.92 bits per heavy atom. The molecule has 140 valence electrons. The Hall–Kier alpha value is -1.03. The second kappa shape index (κ2) is 7.90. The van der Waals surface area contributed by atoms with E-state index in [4.69, 9.17) is 5.73 Å². The van der Waals surface area contributed by atoms with Crippen LogP contribution in [0, 0.1) is 10.6 Å². The third-order valence-electron chi connectivity index (χ3n) is 4.38. The van der Waals surface area contributed by atoms with Gasteiger partial charge in [0.2, 0.25) is 5.91 Å². The molecule has 0 aromatic heterocycles. The number of rotatable bonds is 7. The SMILES string of the molecule is CCCS(=O)(=O)[N+]([O-])(C(=O)C(C)(C)CC(N)=O)C1CCCNCC1. The summed E-state index contributed by atoms with van der Waals surface area (Å²) in [5, 5.41) is 16.7. The first-order chi connectivity index (χ1) is 11.0. The van der Waals surface area contributed by atoms with Crippen LogP contribution in [0.25, 0.3) is 0 Å². The van der Waals surface area contributed by atoms with E-state index in [1.165, 1.54) is 13.8 Å². The van der Waals surface area contributed by atoms with Crippen molar-refractivity contribution in [2.75, 3.05) is 18.8 Å². The van der Waals surface area contributed by atoms with E-state index in [1.807, 2.05) is 0 Å². The van der Waals surface area contributed by atoms with Crippen molar-refractivity contribution in [1.82, 2.24) is 5.32 Å². The normalized spacial score (nSPS) is 22.4. The molecular formula is C15H29N3O5S. The van der Waals surface area contributed by atoms with Gasteiger partial charge >= 0.3 is 15.9 Å². The standard InChI is InChI=1S/C15H29N3O5S/c1-4-10-24(22,23)18(21,12-6-5-8-17-9-7-12)14(20)15(2,3)11-13(16)19/h12,17H,4-11H2,1-3H3,(H2,16,19). The number of nitrogens with two attached hydrogens (primary N) is 1. The maximum absolute atomic E-state index is 13.6. The highest BCUT2D eigenvalue weighted by atomic mass is 32.2. The molecule has 1 aliphatic rings. The van der Waals surface area contributed by atoms with Crippen molar-refractivity contribution in [3.05, 3.63) is 5.21 Å². The summed E-state index contributed by atoms with van der Waals surface area (Å²) in [5.74, 6) is -2.10. The zero-order valence-corrected chi connectivity index (χ0v) is 15.5. The summed E-state index contributed by atoms with van der Waals surface area (Å²) in [7, 11) is -4.25. The van der Waals surface area contributed by atoms with Crippen LogP contribution in [0.2, 0.25) is 0 Å². The summed E-state index contributed by atoms with van der Waals surface area (Å²) >= 11 is 0. The predicted octanol–water partition coefficient (Wildman–Crippen LogP) is 0.611. The molecule has 0 aliphatic carbocycles. The maximum Gasteiger partial charge on any atom is 0.335 e. The third-order valence-corrected chi connectivity index (χ3v) is 6.59. The fourth-order valence-electron chi connectivity index (χ4n) is 3.19. The van der Waals surface area contributed by atoms with E-state index >= 15 is 0 Å². The minimum atomic E-state index is -4.25. The van der Waals surface area contributed by atoms with Crippen molar-refractivity contribution in [2.24, 2.45) is 11.1 Å². The second-order valence-corrected chi connectivity index (χ2v) is 9.16. The molecule has 1 saturated heterocycles. The Morgan fingerprint density at radius 1 is 1.29 bits per heavy atom. The molecule has 0 saturated carbocycles. The van der Waals surface area contributed by atoms with Gasteiger partial charge in [0.15, 0.2) is 0 Å². The smallest absolute Gasteiger partial charge is 0.335 e. The van der Waals surface area contributed by atoms with Crippen molar-refractivity contribution in [3.8, 4) is 0 Å². The van der Waals surface area contributed by atoms with Crippen molar-refractivity contribution in [2.45, 2.75) is 58.9 Å². The highest BCUT2D eigenvalue weighted by molar-refractivity contribution is 7.86. The van der Waals surface area contributed by atoms with Gasteiger partial charge in [-0.25, -0.2) is 4.79 Å². The molecule has 9 heteroatoms. The van der Waals surface area contributed by atoms with E-state index in [9.17, 15) is 23.2 Å². The van der Waals surface area contributed by atoms with E-state index in [1.54, 1.807) is 6.92 Å². The van der Waals surface area contributed by atoms with Crippen molar-refractivity contribution in [1.29, 1.82) is 0 Å². The fraction of sp³-hybridized carbons (Fsp3) is 0.867. The zero-order chi connectivity index (χ0) is 18.6. The topological polar surface area (TPSA) is 129 Å². The fourth-order valence-corrected chi connectivity index (χ4v) is 5.14. The Balaban J connectivity index is 3.36. The van der Waals surface area contributed by atoms with Gasteiger partial charge in [-0.3, -0.25) is 4.79 Å². The van der Waals surface area contributed by atoms with Crippen LogP contribution in [0.5, 0.6) is 0 Å². The Kier molecular flexibility index (Phi) is 6.92. The lowest BCUT2D eigenvalue weighted by atomic mass is 9.87. The molecule has 1 fully saturated rings. The lowest BCUT2D eigenvalue weighted by Gasteiger charge is -2.46. The lowest BCUT2D eigenvalue weighted by Crippen LogP contribution is -2.63. The number of sulfonamides is 1. The van der Waals surface area contributed by atoms with E-state index in [2.05, 4.69) is 5.32 Å². The number of quaternary nitrogens is 1. The van der Waals surface area contributed by atoms with Gasteiger partial charge in [-0.15, -0.1) is 0 Å². The summed E-state index contributed by atoms with van der Waals surface area (Å²) in [5.41, 5.74) is 3.73. The van der Waals surface area contributed by atoms with Crippen LogP contribution in [0.3, 0.4) is 0 Å². The summed E-state index contributed by atoms with van der Waals surface area (Å²) in [6.07, 6.45) is 1.15. The summed E-state index contributed by atoms with van der Waals surface area (Å²) in [6, 6.07) is -0.865.